The summed E-state index contributed by atoms with van der Waals surface area (Å²) in [6, 6.07) is 12.1. The van der Waals surface area contributed by atoms with Gasteiger partial charge in [-0.2, -0.15) is 0 Å². The minimum atomic E-state index is -0.572. The number of halogens is 1. The number of nitrogens with one attached hydrogen (secondary N) is 2. The molecule has 3 heterocycles. The number of hydrogen-bond acceptors (Lipinski definition) is 8. The van der Waals surface area contributed by atoms with Crippen molar-refractivity contribution in [2.45, 2.75) is 0 Å². The number of rotatable bonds is 6. The maximum absolute atomic E-state index is 13.3. The van der Waals surface area contributed by atoms with Crippen LogP contribution >= 0.6 is 22.9 Å². The molecule has 5 aromatic rings. The molecule has 35 heavy (non-hydrogen) atoms. The molecule has 1 amide bonds. The Bertz CT molecular complexity index is 1630. The number of nitrogens with zero attached hydrogens (tertiary/aromatic N) is 4. The van der Waals surface area contributed by atoms with Gasteiger partial charge in [-0.3, -0.25) is 14.3 Å². The first-order chi connectivity index (χ1) is 17.0. The molecule has 0 atom stereocenters. The van der Waals surface area contributed by atoms with Gasteiger partial charge in [-0.05, 0) is 18.2 Å². The molecule has 0 aliphatic carbocycles. The molecule has 2 aromatic carbocycles. The van der Waals surface area contributed by atoms with Gasteiger partial charge >= 0.3 is 5.69 Å². The predicted octanol–water partition coefficient (Wildman–Crippen LogP) is 4.16. The standard InChI is InChI=1S/C23H17ClN6O4S/c1-33-16-9-14-15(10-17(16)34-2)30(11-26-14)23-29-19(12-4-3-5-13(24)8-12)20(35-23)21(31)27-18-6-7-25-22(32)28-18/h3-11H,1-2H3,(H2,25,27,28,31,32). The largest absolute Gasteiger partial charge is 0.493 e. The van der Waals surface area contributed by atoms with Gasteiger partial charge in [0.1, 0.15) is 17.0 Å². The zero-order valence-electron chi connectivity index (χ0n) is 18.4. The number of anilines is 1. The van der Waals surface area contributed by atoms with Crippen LogP contribution in [0, 0.1) is 0 Å². The molecule has 0 aliphatic rings. The molecular weight excluding hydrogens is 492 g/mol. The molecule has 0 saturated heterocycles. The summed E-state index contributed by atoms with van der Waals surface area (Å²) in [4.78, 5) is 40.4. The van der Waals surface area contributed by atoms with Gasteiger partial charge in [-0.15, -0.1) is 0 Å². The summed E-state index contributed by atoms with van der Waals surface area (Å²) in [5, 5.41) is 3.70. The van der Waals surface area contributed by atoms with E-state index < -0.39 is 11.6 Å². The van der Waals surface area contributed by atoms with Gasteiger partial charge in [0.25, 0.3) is 5.91 Å². The van der Waals surface area contributed by atoms with E-state index in [1.54, 1.807) is 55.4 Å². The van der Waals surface area contributed by atoms with Crippen molar-refractivity contribution in [2.75, 3.05) is 19.5 Å². The van der Waals surface area contributed by atoms with Crippen LogP contribution in [0.25, 0.3) is 27.4 Å². The Hall–Kier alpha value is -4.22. The Kier molecular flexibility index (Phi) is 5.93. The van der Waals surface area contributed by atoms with Crippen molar-refractivity contribution in [3.05, 3.63) is 75.4 Å². The quantitative estimate of drug-likeness (QED) is 0.353. The second-order valence-electron chi connectivity index (χ2n) is 7.24. The Balaban J connectivity index is 1.64. The molecule has 0 spiro atoms. The van der Waals surface area contributed by atoms with E-state index in [4.69, 9.17) is 26.1 Å². The van der Waals surface area contributed by atoms with E-state index in [1.807, 2.05) is 6.07 Å². The molecular formula is C23H17ClN6O4S. The van der Waals surface area contributed by atoms with Crippen LogP contribution in [0.5, 0.6) is 11.5 Å². The fourth-order valence-electron chi connectivity index (χ4n) is 3.51. The lowest BCUT2D eigenvalue weighted by molar-refractivity contribution is 0.103. The van der Waals surface area contributed by atoms with Crippen LogP contribution < -0.4 is 20.5 Å². The van der Waals surface area contributed by atoms with Crippen LogP contribution in [0.15, 0.2) is 59.8 Å². The van der Waals surface area contributed by atoms with Gasteiger partial charge in [-0.25, -0.2) is 19.7 Å². The van der Waals surface area contributed by atoms with E-state index in [1.165, 1.54) is 12.3 Å². The summed E-state index contributed by atoms with van der Waals surface area (Å²) in [7, 11) is 3.11. The Morgan fingerprint density at radius 3 is 2.66 bits per heavy atom. The number of H-pyrrole nitrogens is 1. The molecule has 0 saturated carbocycles. The maximum Gasteiger partial charge on any atom is 0.346 e. The Morgan fingerprint density at radius 2 is 1.91 bits per heavy atom. The van der Waals surface area contributed by atoms with Crippen molar-refractivity contribution >= 4 is 45.7 Å². The van der Waals surface area contributed by atoms with E-state index in [9.17, 15) is 9.59 Å². The van der Waals surface area contributed by atoms with Gasteiger partial charge in [0.05, 0.1) is 30.9 Å². The smallest absolute Gasteiger partial charge is 0.346 e. The highest BCUT2D eigenvalue weighted by Gasteiger charge is 2.22. The van der Waals surface area contributed by atoms with Gasteiger partial charge in [0.2, 0.25) is 0 Å². The van der Waals surface area contributed by atoms with Crippen LogP contribution in [0.4, 0.5) is 5.82 Å². The summed E-state index contributed by atoms with van der Waals surface area (Å²) in [6.07, 6.45) is 2.93. The van der Waals surface area contributed by atoms with Crippen molar-refractivity contribution < 1.29 is 14.3 Å². The molecule has 0 bridgehead atoms. The van der Waals surface area contributed by atoms with Gasteiger partial charge in [0.15, 0.2) is 16.6 Å². The van der Waals surface area contributed by atoms with E-state index in [0.29, 0.717) is 43.3 Å². The molecule has 10 nitrogen and oxygen atoms in total. The highest BCUT2D eigenvalue weighted by Crippen LogP contribution is 2.36. The Morgan fingerprint density at radius 1 is 1.11 bits per heavy atom. The van der Waals surface area contributed by atoms with Crippen molar-refractivity contribution in [3.63, 3.8) is 0 Å². The van der Waals surface area contributed by atoms with Crippen LogP contribution in [0.3, 0.4) is 0 Å². The second kappa shape index (κ2) is 9.20. The summed E-state index contributed by atoms with van der Waals surface area (Å²) >= 11 is 7.37. The number of fused-ring (bicyclic) bond motifs is 1. The number of imidazole rings is 1. The third kappa shape index (κ3) is 4.34. The van der Waals surface area contributed by atoms with E-state index in [2.05, 4.69) is 20.3 Å². The molecule has 3 aromatic heterocycles. The highest BCUT2D eigenvalue weighted by atomic mass is 35.5. The highest BCUT2D eigenvalue weighted by molar-refractivity contribution is 7.16. The molecule has 2 N–H and O–H groups in total. The Labute approximate surface area is 207 Å². The minimum Gasteiger partial charge on any atom is -0.493 e. The molecule has 12 heteroatoms. The number of benzene rings is 2. The van der Waals surface area contributed by atoms with Gasteiger partial charge in [-0.1, -0.05) is 35.1 Å². The average molecular weight is 509 g/mol. The molecule has 0 radical (unpaired) electrons. The number of amides is 1. The van der Waals surface area contributed by atoms with Crippen LogP contribution in [0.1, 0.15) is 9.67 Å². The van der Waals surface area contributed by atoms with Crippen LogP contribution in [-0.4, -0.2) is 44.6 Å². The number of carbonyl (C=O) groups excluding carboxylic acids is 1. The number of aromatic amines is 1. The lowest BCUT2D eigenvalue weighted by Crippen LogP contribution is -2.17. The summed E-state index contributed by atoms with van der Waals surface area (Å²) in [6.45, 7) is 0. The molecule has 176 valence electrons. The lowest BCUT2D eigenvalue weighted by Gasteiger charge is -2.07. The number of hydrogen-bond donors (Lipinski definition) is 2. The fourth-order valence-corrected chi connectivity index (χ4v) is 4.66. The van der Waals surface area contributed by atoms with Gasteiger partial charge in [0, 0.05) is 28.9 Å². The van der Waals surface area contributed by atoms with E-state index >= 15 is 0 Å². The number of carbonyl (C=O) groups is 1. The number of ether oxygens (including phenoxy) is 2. The topological polar surface area (TPSA) is 124 Å². The van der Waals surface area contributed by atoms with Crippen LogP contribution in [-0.2, 0) is 0 Å². The van der Waals surface area contributed by atoms with Gasteiger partial charge < -0.3 is 14.8 Å². The predicted molar refractivity (Wildman–Crippen MR) is 133 cm³/mol. The average Bonchev–Trinajstić information content (AvgIpc) is 3.47. The number of aromatic nitrogens is 5. The normalized spacial score (nSPS) is 10.9. The van der Waals surface area contributed by atoms with Crippen molar-refractivity contribution in [1.82, 2.24) is 24.5 Å². The second-order valence-corrected chi connectivity index (χ2v) is 8.65. The third-order valence-corrected chi connectivity index (χ3v) is 6.39. The monoisotopic (exact) mass is 508 g/mol. The zero-order chi connectivity index (χ0) is 24.5. The fraction of sp³-hybridized carbons (Fsp3) is 0.0870. The first-order valence-electron chi connectivity index (χ1n) is 10.2. The minimum absolute atomic E-state index is 0.215. The lowest BCUT2D eigenvalue weighted by atomic mass is 10.1. The summed E-state index contributed by atoms with van der Waals surface area (Å²) in [5.74, 6) is 0.851. The number of methoxy groups -OCH3 is 2. The maximum atomic E-state index is 13.3. The molecule has 5 rings (SSSR count). The first-order valence-corrected chi connectivity index (χ1v) is 11.4. The van der Waals surface area contributed by atoms with Crippen LogP contribution in [0.2, 0.25) is 5.02 Å². The van der Waals surface area contributed by atoms with E-state index in [-0.39, 0.29) is 5.82 Å². The molecule has 0 unspecified atom stereocenters. The van der Waals surface area contributed by atoms with Crippen molar-refractivity contribution in [3.8, 4) is 27.9 Å². The summed E-state index contributed by atoms with van der Waals surface area (Å²) < 4.78 is 12.6. The summed E-state index contributed by atoms with van der Waals surface area (Å²) in [5.41, 5.74) is 1.92. The van der Waals surface area contributed by atoms with E-state index in [0.717, 1.165) is 16.9 Å². The van der Waals surface area contributed by atoms with Crippen molar-refractivity contribution in [2.24, 2.45) is 0 Å². The van der Waals surface area contributed by atoms with Crippen molar-refractivity contribution in [1.29, 1.82) is 0 Å². The third-order valence-electron chi connectivity index (χ3n) is 5.10. The number of thiazole rings is 1. The zero-order valence-corrected chi connectivity index (χ0v) is 20.0. The molecule has 0 aliphatic heterocycles. The first kappa shape index (κ1) is 22.6. The SMILES string of the molecule is COc1cc2ncn(-c3nc(-c4cccc(Cl)c4)c(C(=O)Nc4ccnc(=O)[nH]4)s3)c2cc1OC. The molecule has 0 fully saturated rings.